The molecule has 1 saturated carbocycles. The van der Waals surface area contributed by atoms with E-state index in [2.05, 4.69) is 31.2 Å². The predicted molar refractivity (Wildman–Crippen MR) is 86.5 cm³/mol. The molecule has 3 N–H and O–H groups in total. The van der Waals surface area contributed by atoms with Crippen molar-refractivity contribution in [3.63, 3.8) is 0 Å². The summed E-state index contributed by atoms with van der Waals surface area (Å²) < 4.78 is 24.5. The number of aromatic nitrogens is 2. The van der Waals surface area contributed by atoms with Gasteiger partial charge in [-0.05, 0) is 47.3 Å². The highest BCUT2D eigenvalue weighted by atomic mass is 79.9. The molecule has 1 aliphatic carbocycles. The second kappa shape index (κ2) is 5.17. The van der Waals surface area contributed by atoms with E-state index in [9.17, 15) is 13.2 Å². The molecule has 0 bridgehead atoms. The molecule has 8 heteroatoms. The van der Waals surface area contributed by atoms with E-state index < -0.39 is 9.84 Å². The first-order chi connectivity index (χ1) is 9.84. The number of anilines is 1. The summed E-state index contributed by atoms with van der Waals surface area (Å²) in [7, 11) is -3.06. The molecule has 2 atom stereocenters. The number of H-pyrrole nitrogens is 2. The molecular formula is C13H16BrN3O3S. The van der Waals surface area contributed by atoms with Crippen molar-refractivity contribution in [2.45, 2.75) is 30.6 Å². The third kappa shape index (κ3) is 2.87. The lowest BCUT2D eigenvalue weighted by atomic mass is 10.2. The SMILES string of the molecule is CS(=O)(=O)C1CCCC1Nc1cc2[nH]c(=O)[nH]c2cc1Br. The summed E-state index contributed by atoms with van der Waals surface area (Å²) in [5.41, 5.74) is 1.94. The van der Waals surface area contributed by atoms with Crippen LogP contribution in [-0.2, 0) is 9.84 Å². The molecule has 3 rings (SSSR count). The van der Waals surface area contributed by atoms with Gasteiger partial charge in [-0.1, -0.05) is 0 Å². The highest BCUT2D eigenvalue weighted by Crippen LogP contribution is 2.32. The molecule has 1 aromatic heterocycles. The quantitative estimate of drug-likeness (QED) is 0.766. The maximum atomic E-state index is 11.8. The molecule has 0 radical (unpaired) electrons. The summed E-state index contributed by atoms with van der Waals surface area (Å²) in [6.07, 6.45) is 3.71. The van der Waals surface area contributed by atoms with Crippen LogP contribution >= 0.6 is 15.9 Å². The van der Waals surface area contributed by atoms with Gasteiger partial charge < -0.3 is 15.3 Å². The van der Waals surface area contributed by atoms with Crippen molar-refractivity contribution >= 4 is 42.5 Å². The van der Waals surface area contributed by atoms with Gasteiger partial charge in [0.1, 0.15) is 0 Å². The molecule has 6 nitrogen and oxygen atoms in total. The molecule has 2 aromatic rings. The van der Waals surface area contributed by atoms with Crippen molar-refractivity contribution in [3.8, 4) is 0 Å². The van der Waals surface area contributed by atoms with Gasteiger partial charge in [0.2, 0.25) is 0 Å². The van der Waals surface area contributed by atoms with Gasteiger partial charge in [-0.2, -0.15) is 0 Å². The van der Waals surface area contributed by atoms with Gasteiger partial charge in [-0.3, -0.25) is 0 Å². The van der Waals surface area contributed by atoms with Gasteiger partial charge in [0.25, 0.3) is 0 Å². The van der Waals surface area contributed by atoms with E-state index in [4.69, 9.17) is 0 Å². The maximum absolute atomic E-state index is 11.8. The van der Waals surface area contributed by atoms with E-state index >= 15 is 0 Å². The lowest BCUT2D eigenvalue weighted by molar-refractivity contribution is 0.579. The minimum Gasteiger partial charge on any atom is -0.380 e. The van der Waals surface area contributed by atoms with Crippen molar-refractivity contribution < 1.29 is 8.42 Å². The van der Waals surface area contributed by atoms with Gasteiger partial charge in [-0.15, -0.1) is 0 Å². The van der Waals surface area contributed by atoms with Crippen molar-refractivity contribution in [2.24, 2.45) is 0 Å². The number of hydrogen-bond acceptors (Lipinski definition) is 4. The van der Waals surface area contributed by atoms with Crippen LogP contribution in [0.4, 0.5) is 5.69 Å². The third-order valence-corrected chi connectivity index (χ3v) is 6.27. The van der Waals surface area contributed by atoms with Crippen LogP contribution in [-0.4, -0.2) is 35.9 Å². The van der Waals surface area contributed by atoms with E-state index in [1.807, 2.05) is 6.07 Å². The van der Waals surface area contributed by atoms with Crippen LogP contribution in [0.1, 0.15) is 19.3 Å². The Labute approximate surface area is 130 Å². The van der Waals surface area contributed by atoms with Crippen LogP contribution in [0.15, 0.2) is 21.4 Å². The number of rotatable bonds is 3. The molecule has 0 saturated heterocycles. The van der Waals surface area contributed by atoms with Gasteiger partial charge in [-0.25, -0.2) is 13.2 Å². The molecule has 114 valence electrons. The number of nitrogens with one attached hydrogen (secondary N) is 3. The lowest BCUT2D eigenvalue weighted by Gasteiger charge is -2.21. The number of sulfone groups is 1. The first-order valence-electron chi connectivity index (χ1n) is 6.71. The Morgan fingerprint density at radius 1 is 1.24 bits per heavy atom. The minimum atomic E-state index is -3.06. The molecule has 1 fully saturated rings. The predicted octanol–water partition coefficient (Wildman–Crippen LogP) is 2.00. The van der Waals surface area contributed by atoms with E-state index in [1.165, 1.54) is 6.26 Å². The van der Waals surface area contributed by atoms with E-state index in [-0.39, 0.29) is 17.0 Å². The smallest absolute Gasteiger partial charge is 0.323 e. The minimum absolute atomic E-state index is 0.0978. The summed E-state index contributed by atoms with van der Waals surface area (Å²) in [5, 5.41) is 2.95. The van der Waals surface area contributed by atoms with E-state index in [1.54, 1.807) is 6.07 Å². The zero-order chi connectivity index (χ0) is 15.2. The highest BCUT2D eigenvalue weighted by molar-refractivity contribution is 9.10. The Balaban J connectivity index is 1.94. The van der Waals surface area contributed by atoms with E-state index in [0.29, 0.717) is 17.5 Å². The van der Waals surface area contributed by atoms with Crippen molar-refractivity contribution in [1.29, 1.82) is 0 Å². The normalized spacial score (nSPS) is 22.8. The lowest BCUT2D eigenvalue weighted by Crippen LogP contribution is -2.34. The summed E-state index contributed by atoms with van der Waals surface area (Å²) in [5.74, 6) is 0. The second-order valence-corrected chi connectivity index (χ2v) is 8.63. The highest BCUT2D eigenvalue weighted by Gasteiger charge is 2.34. The monoisotopic (exact) mass is 373 g/mol. The van der Waals surface area contributed by atoms with Crippen LogP contribution in [0.3, 0.4) is 0 Å². The summed E-state index contributed by atoms with van der Waals surface area (Å²) in [6, 6.07) is 3.52. The summed E-state index contributed by atoms with van der Waals surface area (Å²) in [4.78, 5) is 16.7. The molecule has 1 heterocycles. The number of benzene rings is 1. The van der Waals surface area contributed by atoms with Crippen LogP contribution in [0.25, 0.3) is 11.0 Å². The molecule has 0 amide bonds. The van der Waals surface area contributed by atoms with E-state index in [0.717, 1.165) is 23.0 Å². The fourth-order valence-corrected chi connectivity index (χ4v) is 4.82. The molecule has 1 aliphatic rings. The average molecular weight is 374 g/mol. The number of imidazole rings is 1. The Hall–Kier alpha value is -1.28. The number of aromatic amines is 2. The van der Waals surface area contributed by atoms with Gasteiger partial charge in [0.05, 0.1) is 22.0 Å². The Morgan fingerprint density at radius 2 is 1.90 bits per heavy atom. The summed E-state index contributed by atoms with van der Waals surface area (Å²) >= 11 is 3.46. The summed E-state index contributed by atoms with van der Waals surface area (Å²) in [6.45, 7) is 0. The zero-order valence-corrected chi connectivity index (χ0v) is 13.8. The third-order valence-electron chi connectivity index (χ3n) is 3.95. The van der Waals surface area contributed by atoms with Crippen molar-refractivity contribution in [1.82, 2.24) is 9.97 Å². The first kappa shape index (κ1) is 14.6. The molecular weight excluding hydrogens is 358 g/mol. The van der Waals surface area contributed by atoms with Crippen molar-refractivity contribution in [2.75, 3.05) is 11.6 Å². The van der Waals surface area contributed by atoms with Crippen LogP contribution in [0, 0.1) is 0 Å². The fourth-order valence-electron chi connectivity index (χ4n) is 2.97. The Morgan fingerprint density at radius 3 is 2.57 bits per heavy atom. The van der Waals surface area contributed by atoms with Crippen molar-refractivity contribution in [3.05, 3.63) is 27.1 Å². The largest absolute Gasteiger partial charge is 0.380 e. The molecule has 2 unspecified atom stereocenters. The Bertz CT molecular complexity index is 840. The van der Waals surface area contributed by atoms with Crippen LogP contribution < -0.4 is 11.0 Å². The maximum Gasteiger partial charge on any atom is 0.323 e. The zero-order valence-electron chi connectivity index (χ0n) is 11.4. The van der Waals surface area contributed by atoms with Crippen LogP contribution in [0.2, 0.25) is 0 Å². The molecule has 21 heavy (non-hydrogen) atoms. The van der Waals surface area contributed by atoms with Gasteiger partial charge in [0.15, 0.2) is 9.84 Å². The number of fused-ring (bicyclic) bond motifs is 1. The number of halogens is 1. The standard InChI is InChI=1S/C13H16BrN3O3S/c1-21(19,20)12-4-2-3-8(12)15-9-6-11-10(5-7(9)14)16-13(18)17-11/h5-6,8,12,15H,2-4H2,1H3,(H2,16,17,18). The molecule has 0 spiro atoms. The van der Waals surface area contributed by atoms with Crippen LogP contribution in [0.5, 0.6) is 0 Å². The van der Waals surface area contributed by atoms with Gasteiger partial charge in [0, 0.05) is 16.8 Å². The first-order valence-corrected chi connectivity index (χ1v) is 9.46. The fraction of sp³-hybridized carbons (Fsp3) is 0.462. The molecule has 0 aliphatic heterocycles. The number of hydrogen-bond donors (Lipinski definition) is 3. The second-order valence-electron chi connectivity index (χ2n) is 5.51. The average Bonchev–Trinajstić information content (AvgIpc) is 2.94. The topological polar surface area (TPSA) is 94.8 Å². The Kier molecular flexibility index (Phi) is 3.61. The molecule has 1 aromatic carbocycles. The van der Waals surface area contributed by atoms with Gasteiger partial charge >= 0.3 is 5.69 Å².